The van der Waals surface area contributed by atoms with Crippen LogP contribution in [0.15, 0.2) is 41.3 Å². The van der Waals surface area contributed by atoms with Gasteiger partial charge in [-0.15, -0.1) is 0 Å². The van der Waals surface area contributed by atoms with Crippen LogP contribution >= 0.6 is 0 Å². The summed E-state index contributed by atoms with van der Waals surface area (Å²) in [5, 5.41) is 63.9. The molecule has 0 aromatic heterocycles. The number of fused-ring (bicyclic) bond motifs is 14. The average molecular weight is 827 g/mol. The molecule has 0 radical (unpaired) electrons. The van der Waals surface area contributed by atoms with Gasteiger partial charge in [0.15, 0.2) is 5.75 Å². The molecule has 3 aliphatic rings. The molecule has 2 aromatic rings. The number of methoxy groups -OCH3 is 1. The van der Waals surface area contributed by atoms with E-state index in [1.165, 1.54) is 53.2 Å². The Kier molecular flexibility index (Phi) is 15.2. The van der Waals surface area contributed by atoms with Crippen LogP contribution in [0, 0.1) is 30.6 Å². The van der Waals surface area contributed by atoms with Gasteiger partial charge in [-0.05, 0) is 33.8 Å². The Balaban J connectivity index is 1.94. The van der Waals surface area contributed by atoms with Crippen molar-refractivity contribution in [3.8, 4) is 23.0 Å². The fourth-order valence-electron chi connectivity index (χ4n) is 7.34. The second-order valence-electron chi connectivity index (χ2n) is 15.6. The van der Waals surface area contributed by atoms with Crippen LogP contribution in [0.5, 0.6) is 23.0 Å². The van der Waals surface area contributed by atoms with Crippen LogP contribution in [0.25, 0.3) is 10.8 Å². The van der Waals surface area contributed by atoms with Crippen molar-refractivity contribution in [2.75, 3.05) is 25.6 Å². The van der Waals surface area contributed by atoms with Crippen molar-refractivity contribution < 1.29 is 68.4 Å². The van der Waals surface area contributed by atoms with E-state index in [1.54, 1.807) is 39.8 Å². The number of oxime groups is 1. The number of carbonyl (C=O) groups is 3. The predicted molar refractivity (Wildman–Crippen MR) is 218 cm³/mol. The van der Waals surface area contributed by atoms with Gasteiger partial charge < -0.3 is 59.4 Å². The molecule has 0 fully saturated rings. The quantitative estimate of drug-likeness (QED) is 0.0480. The Hall–Kier alpha value is -5.16. The zero-order chi connectivity index (χ0) is 44.1. The maximum absolute atomic E-state index is 14.4. The molecule has 9 unspecified atom stereocenters. The van der Waals surface area contributed by atoms with E-state index in [4.69, 9.17) is 28.5 Å². The van der Waals surface area contributed by atoms with E-state index >= 15 is 0 Å². The van der Waals surface area contributed by atoms with E-state index in [2.05, 4.69) is 10.5 Å². The van der Waals surface area contributed by atoms with Crippen LogP contribution in [0.1, 0.15) is 83.8 Å². The number of ketones is 1. The van der Waals surface area contributed by atoms with Crippen LogP contribution in [-0.4, -0.2) is 106 Å². The fourth-order valence-corrected chi connectivity index (χ4v) is 7.34. The summed E-state index contributed by atoms with van der Waals surface area (Å²) in [6.07, 6.45) is 4.37. The Morgan fingerprint density at radius 3 is 2.27 bits per heavy atom. The van der Waals surface area contributed by atoms with E-state index in [0.29, 0.717) is 0 Å². The van der Waals surface area contributed by atoms with E-state index < -0.39 is 88.8 Å². The molecule has 9 atom stereocenters. The largest absolute Gasteiger partial charge is 0.507 e. The number of anilines is 1. The number of allylic oxidation sites excluding steroid dienone is 2. The Labute approximate surface area is 344 Å². The lowest BCUT2D eigenvalue weighted by molar-refractivity contribution is -0.160. The van der Waals surface area contributed by atoms with Crippen molar-refractivity contribution in [1.29, 1.82) is 0 Å². The van der Waals surface area contributed by atoms with E-state index in [1.807, 2.05) is 13.8 Å². The highest BCUT2D eigenvalue weighted by molar-refractivity contribution is 6.23. The van der Waals surface area contributed by atoms with Crippen molar-refractivity contribution in [2.45, 2.75) is 106 Å². The van der Waals surface area contributed by atoms with Crippen LogP contribution in [-0.2, 0) is 33.4 Å². The van der Waals surface area contributed by atoms with Crippen LogP contribution in [0.4, 0.5) is 5.69 Å². The third kappa shape index (κ3) is 9.84. The molecule has 5 bridgehead atoms. The standard InChI is InChI=1S/C43H58N2O14/c1-20(2)55-17-18-57-44-19-28-33-38(51)31-30(37(28)50)32-40(26(8)36(31)49)59-43(10,41(32)52)56-16-15-29(54-11)23(5)39(58-27(9)46)25(7)35(48)24(6)34(47)21(3)13-12-14-22(4)42(53)45-33/h12-16,19-21,23-25,29,34-35,39,47-51H,17-18H2,1-11H3,(H,45,53)/b13-12+,16-15+,22-14+,44-19-. The molecule has 6 N–H and O–H groups in total. The lowest BCUT2D eigenvalue weighted by atomic mass is 9.78. The Morgan fingerprint density at radius 2 is 1.64 bits per heavy atom. The van der Waals surface area contributed by atoms with E-state index in [0.717, 1.165) is 6.21 Å². The number of rotatable bonds is 8. The number of hydrogen-bond donors (Lipinski definition) is 6. The van der Waals surface area contributed by atoms with Crippen LogP contribution < -0.4 is 10.1 Å². The molecular formula is C43H58N2O14. The van der Waals surface area contributed by atoms with Gasteiger partial charge in [-0.3, -0.25) is 14.4 Å². The Bertz CT molecular complexity index is 2020. The molecule has 1 amide bonds. The predicted octanol–water partition coefficient (Wildman–Crippen LogP) is 5.53. The van der Waals surface area contributed by atoms with Crippen molar-refractivity contribution in [3.63, 3.8) is 0 Å². The molecule has 5 rings (SSSR count). The number of nitrogens with zero attached hydrogens (tertiary/aromatic N) is 1. The first kappa shape index (κ1) is 46.5. The lowest BCUT2D eigenvalue weighted by Crippen LogP contribution is -2.46. The number of benzene rings is 2. The monoisotopic (exact) mass is 826 g/mol. The molecule has 59 heavy (non-hydrogen) atoms. The number of esters is 1. The van der Waals surface area contributed by atoms with Gasteiger partial charge in [-0.25, -0.2) is 0 Å². The molecule has 0 spiro atoms. The van der Waals surface area contributed by atoms with Crippen molar-refractivity contribution in [2.24, 2.45) is 28.8 Å². The van der Waals surface area contributed by atoms with Gasteiger partial charge in [-0.2, -0.15) is 0 Å². The third-order valence-electron chi connectivity index (χ3n) is 10.9. The summed E-state index contributed by atoms with van der Waals surface area (Å²) in [6, 6.07) is 0. The smallest absolute Gasteiger partial charge is 0.312 e. The number of ether oxygens (including phenoxy) is 5. The third-order valence-corrected chi connectivity index (χ3v) is 10.9. The highest BCUT2D eigenvalue weighted by Gasteiger charge is 2.50. The summed E-state index contributed by atoms with van der Waals surface area (Å²) >= 11 is 0. The van der Waals surface area contributed by atoms with Gasteiger partial charge in [0.05, 0.1) is 65.7 Å². The summed E-state index contributed by atoms with van der Waals surface area (Å²) in [5.74, 6) is -8.76. The molecule has 2 aromatic carbocycles. The number of aromatic hydroxyl groups is 3. The zero-order valence-corrected chi connectivity index (χ0v) is 35.4. The highest BCUT2D eigenvalue weighted by atomic mass is 16.7. The maximum atomic E-state index is 14.4. The number of carbonyl (C=O) groups excluding carboxylic acids is 3. The van der Waals surface area contributed by atoms with Gasteiger partial charge in [0.2, 0.25) is 0 Å². The van der Waals surface area contributed by atoms with E-state index in [9.17, 15) is 39.9 Å². The van der Waals surface area contributed by atoms with E-state index in [-0.39, 0.29) is 63.8 Å². The second kappa shape index (κ2) is 19.3. The first-order valence-electron chi connectivity index (χ1n) is 19.5. The van der Waals surface area contributed by atoms with Crippen molar-refractivity contribution in [1.82, 2.24) is 0 Å². The number of phenolic OH excluding ortho intramolecular Hbond substituents is 3. The van der Waals surface area contributed by atoms with Gasteiger partial charge >= 0.3 is 11.8 Å². The molecule has 324 valence electrons. The maximum Gasteiger partial charge on any atom is 0.312 e. The average Bonchev–Trinajstić information content (AvgIpc) is 3.45. The molecule has 3 aliphatic heterocycles. The van der Waals surface area contributed by atoms with Crippen LogP contribution in [0.3, 0.4) is 0 Å². The summed E-state index contributed by atoms with van der Waals surface area (Å²) in [4.78, 5) is 45.6. The number of Topliss-reactive ketones (excluding diaryl/α,β-unsaturated/α-hetero) is 1. The SMILES string of the molecule is COC1/C=C/OC2(C)Oc3c(C)c(O)c4c(O)c(c(/C=N\OCCOC(C)C)c(O)c4c3C2=O)NC(=O)/C(C)=C/C=C/C(C)C(O)C(C)C(O)C(C)C(OC(C)=O)C1C. The Morgan fingerprint density at radius 1 is 0.966 bits per heavy atom. The number of nitrogens with one attached hydrogen (secondary N) is 1. The molecule has 16 nitrogen and oxygen atoms in total. The number of hydrogen-bond acceptors (Lipinski definition) is 15. The summed E-state index contributed by atoms with van der Waals surface area (Å²) < 4.78 is 28.9. The number of phenols is 3. The molecular weight excluding hydrogens is 768 g/mol. The van der Waals surface area contributed by atoms with Gasteiger partial charge in [0.25, 0.3) is 11.7 Å². The van der Waals surface area contributed by atoms with Crippen LogP contribution in [0.2, 0.25) is 0 Å². The summed E-state index contributed by atoms with van der Waals surface area (Å²) in [7, 11) is 1.42. The fraction of sp³-hybridized carbons (Fsp3) is 0.535. The molecule has 3 heterocycles. The molecule has 0 aliphatic carbocycles. The minimum Gasteiger partial charge on any atom is -0.507 e. The number of amides is 1. The first-order chi connectivity index (χ1) is 27.7. The van der Waals surface area contributed by atoms with Crippen molar-refractivity contribution in [3.05, 3.63) is 52.8 Å². The van der Waals surface area contributed by atoms with Gasteiger partial charge in [-0.1, -0.05) is 51.1 Å². The molecule has 16 heteroatoms. The highest BCUT2D eigenvalue weighted by Crippen LogP contribution is 2.55. The molecule has 0 saturated heterocycles. The number of aliphatic hydroxyl groups is 2. The van der Waals surface area contributed by atoms with Gasteiger partial charge in [0.1, 0.15) is 30.0 Å². The normalized spacial score (nSPS) is 30.2. The minimum absolute atomic E-state index is 0.0206. The van der Waals surface area contributed by atoms with Gasteiger partial charge in [0, 0.05) is 61.2 Å². The second-order valence-corrected chi connectivity index (χ2v) is 15.6. The minimum atomic E-state index is -2.07. The lowest BCUT2D eigenvalue weighted by Gasteiger charge is -2.38. The summed E-state index contributed by atoms with van der Waals surface area (Å²) in [5.41, 5.74) is -0.693. The summed E-state index contributed by atoms with van der Waals surface area (Å²) in [6.45, 7) is 16.3. The topological polar surface area (TPSA) is 232 Å². The first-order valence-corrected chi connectivity index (χ1v) is 19.5. The van der Waals surface area contributed by atoms with Crippen molar-refractivity contribution >= 4 is 40.3 Å². The zero-order valence-electron chi connectivity index (χ0n) is 35.4. The molecule has 0 saturated carbocycles. The number of aliphatic hydroxyl groups excluding tert-OH is 2.